The van der Waals surface area contributed by atoms with E-state index in [0.717, 1.165) is 11.0 Å². The van der Waals surface area contributed by atoms with E-state index in [1.807, 2.05) is 0 Å². The molecule has 2 aromatic rings. The van der Waals surface area contributed by atoms with Crippen LogP contribution in [0.2, 0.25) is 0 Å². The molecular weight excluding hydrogens is 368 g/mol. The minimum absolute atomic E-state index is 0.0287. The molecule has 0 saturated heterocycles. The number of methoxy groups -OCH3 is 1. The molecule has 28 heavy (non-hydrogen) atoms. The minimum Gasteiger partial charge on any atom is -0.497 e. The molecule has 0 aliphatic carbocycles. The van der Waals surface area contributed by atoms with Crippen LogP contribution in [0, 0.1) is 10.1 Å². The van der Waals surface area contributed by atoms with Crippen LogP contribution >= 0.6 is 0 Å². The number of ether oxygens (including phenoxy) is 2. The van der Waals surface area contributed by atoms with Crippen LogP contribution in [-0.2, 0) is 9.59 Å². The van der Waals surface area contributed by atoms with Gasteiger partial charge in [-0.25, -0.2) is 4.79 Å². The average molecular weight is 384 g/mol. The first-order chi connectivity index (χ1) is 13.3. The van der Waals surface area contributed by atoms with Gasteiger partial charge in [-0.15, -0.1) is 0 Å². The molecule has 144 valence electrons. The van der Waals surface area contributed by atoms with E-state index in [2.05, 4.69) is 0 Å². The second-order valence-corrected chi connectivity index (χ2v) is 5.98. The third kappa shape index (κ3) is 3.50. The predicted molar refractivity (Wildman–Crippen MR) is 99.3 cm³/mol. The number of carboxylic acids is 1. The Morgan fingerprint density at radius 2 is 1.96 bits per heavy atom. The van der Waals surface area contributed by atoms with Gasteiger partial charge in [-0.2, -0.15) is 0 Å². The van der Waals surface area contributed by atoms with E-state index >= 15 is 0 Å². The van der Waals surface area contributed by atoms with Crippen molar-refractivity contribution < 1.29 is 29.1 Å². The molecule has 1 aliphatic heterocycles. The van der Waals surface area contributed by atoms with Gasteiger partial charge in [0.25, 0.3) is 11.6 Å². The van der Waals surface area contributed by atoms with E-state index in [-0.39, 0.29) is 22.9 Å². The molecule has 0 spiro atoms. The third-order valence-corrected chi connectivity index (χ3v) is 4.22. The molecule has 1 atom stereocenters. The van der Waals surface area contributed by atoms with Crippen LogP contribution in [0.15, 0.2) is 48.2 Å². The highest BCUT2D eigenvalue weighted by Crippen LogP contribution is 2.39. The van der Waals surface area contributed by atoms with Gasteiger partial charge < -0.3 is 14.6 Å². The molecule has 1 heterocycles. The zero-order chi connectivity index (χ0) is 20.4. The number of fused-ring (bicyclic) bond motifs is 1. The van der Waals surface area contributed by atoms with Crippen LogP contribution < -0.4 is 14.4 Å². The quantitative estimate of drug-likeness (QED) is 0.478. The Kier molecular flexibility index (Phi) is 4.99. The summed E-state index contributed by atoms with van der Waals surface area (Å²) in [7, 11) is 1.53. The summed E-state index contributed by atoms with van der Waals surface area (Å²) in [6.07, 6.45) is 1.47. The lowest BCUT2D eigenvalue weighted by Gasteiger charge is -2.32. The van der Waals surface area contributed by atoms with Crippen LogP contribution in [0.3, 0.4) is 0 Å². The Hall–Kier alpha value is -3.88. The van der Waals surface area contributed by atoms with Crippen LogP contribution in [0.25, 0.3) is 6.08 Å². The van der Waals surface area contributed by atoms with Crippen molar-refractivity contribution in [3.63, 3.8) is 0 Å². The summed E-state index contributed by atoms with van der Waals surface area (Å²) in [5, 5.41) is 20.4. The van der Waals surface area contributed by atoms with Crippen molar-refractivity contribution in [3.05, 3.63) is 63.9 Å². The molecule has 9 nitrogen and oxygen atoms in total. The number of aliphatic carboxylic acids is 1. The van der Waals surface area contributed by atoms with Gasteiger partial charge >= 0.3 is 5.97 Å². The first-order valence-corrected chi connectivity index (χ1v) is 8.20. The summed E-state index contributed by atoms with van der Waals surface area (Å²) in [5.41, 5.74) is 0.388. The molecule has 3 rings (SSSR count). The van der Waals surface area contributed by atoms with Gasteiger partial charge in [-0.3, -0.25) is 19.8 Å². The Labute approximate surface area is 159 Å². The number of nitrogens with zero attached hydrogens (tertiary/aromatic N) is 2. The number of anilines is 1. The van der Waals surface area contributed by atoms with Crippen molar-refractivity contribution in [1.29, 1.82) is 0 Å². The monoisotopic (exact) mass is 384 g/mol. The molecule has 9 heteroatoms. The molecule has 0 radical (unpaired) electrons. The molecule has 1 amide bonds. The van der Waals surface area contributed by atoms with Crippen molar-refractivity contribution in [3.8, 4) is 11.5 Å². The highest BCUT2D eigenvalue weighted by atomic mass is 16.6. The second kappa shape index (κ2) is 7.39. The van der Waals surface area contributed by atoms with Crippen LogP contribution in [0.5, 0.6) is 11.5 Å². The lowest BCUT2D eigenvalue weighted by atomic mass is 10.1. The summed E-state index contributed by atoms with van der Waals surface area (Å²) in [6.45, 7) is 1.32. The topological polar surface area (TPSA) is 119 Å². The van der Waals surface area contributed by atoms with Crippen molar-refractivity contribution >= 4 is 29.3 Å². The number of nitro groups is 1. The summed E-state index contributed by atoms with van der Waals surface area (Å²) >= 11 is 0. The fourth-order valence-corrected chi connectivity index (χ4v) is 2.72. The minimum atomic E-state index is -1.25. The molecule has 0 aromatic heterocycles. The maximum Gasteiger partial charge on any atom is 0.326 e. The van der Waals surface area contributed by atoms with E-state index in [1.54, 1.807) is 24.3 Å². The number of non-ortho nitro benzene ring substituents is 1. The molecule has 0 fully saturated rings. The standard InChI is InChI=1S/C19H16N2O7/c1-11(19(23)24)20-15-10-13(21(25)26)5-8-16(15)28-17(18(20)22)9-12-3-6-14(27-2)7-4-12/h3-11H,1-2H3,(H,23,24)/b17-9+. The first kappa shape index (κ1) is 18.9. The second-order valence-electron chi connectivity index (χ2n) is 5.98. The van der Waals surface area contributed by atoms with Crippen molar-refractivity contribution in [2.45, 2.75) is 13.0 Å². The maximum atomic E-state index is 12.9. The van der Waals surface area contributed by atoms with Crippen LogP contribution in [0.1, 0.15) is 12.5 Å². The normalized spacial score (nSPS) is 15.6. The molecule has 2 aromatic carbocycles. The van der Waals surface area contributed by atoms with Gasteiger partial charge in [-0.1, -0.05) is 12.1 Å². The van der Waals surface area contributed by atoms with E-state index in [4.69, 9.17) is 9.47 Å². The highest BCUT2D eigenvalue weighted by Gasteiger charge is 2.37. The molecule has 0 bridgehead atoms. The molecule has 0 saturated carbocycles. The van der Waals surface area contributed by atoms with Crippen LogP contribution in [0.4, 0.5) is 11.4 Å². The van der Waals surface area contributed by atoms with Gasteiger partial charge in [0, 0.05) is 12.1 Å². The lowest BCUT2D eigenvalue weighted by Crippen LogP contribution is -2.47. The van der Waals surface area contributed by atoms with E-state index in [1.165, 1.54) is 32.2 Å². The number of carbonyl (C=O) groups excluding carboxylic acids is 1. The van der Waals surface area contributed by atoms with E-state index in [0.29, 0.717) is 11.3 Å². The number of hydrogen-bond donors (Lipinski definition) is 1. The molecule has 1 N–H and O–H groups in total. The van der Waals surface area contributed by atoms with Gasteiger partial charge in [0.05, 0.1) is 17.7 Å². The van der Waals surface area contributed by atoms with Crippen molar-refractivity contribution in [2.24, 2.45) is 0 Å². The predicted octanol–water partition coefficient (Wildman–Crippen LogP) is 2.84. The number of carboxylic acid groups (broad SMARTS) is 1. The first-order valence-electron chi connectivity index (χ1n) is 8.20. The van der Waals surface area contributed by atoms with Crippen LogP contribution in [-0.4, -0.2) is 35.1 Å². The summed E-state index contributed by atoms with van der Waals surface area (Å²) in [5.74, 6) is -1.27. The molecule has 1 unspecified atom stereocenters. The molecule has 1 aliphatic rings. The average Bonchev–Trinajstić information content (AvgIpc) is 2.68. The van der Waals surface area contributed by atoms with Crippen molar-refractivity contribution in [1.82, 2.24) is 0 Å². The number of rotatable bonds is 5. The van der Waals surface area contributed by atoms with Gasteiger partial charge in [0.1, 0.15) is 11.8 Å². The number of amides is 1. The van der Waals surface area contributed by atoms with Crippen molar-refractivity contribution in [2.75, 3.05) is 12.0 Å². The Morgan fingerprint density at radius 1 is 1.29 bits per heavy atom. The summed E-state index contributed by atoms with van der Waals surface area (Å²) in [4.78, 5) is 35.8. The Balaban J connectivity index is 2.08. The van der Waals surface area contributed by atoms with E-state index < -0.39 is 22.8 Å². The third-order valence-electron chi connectivity index (χ3n) is 4.22. The summed E-state index contributed by atoms with van der Waals surface area (Å²) < 4.78 is 10.7. The van der Waals surface area contributed by atoms with E-state index in [9.17, 15) is 24.8 Å². The number of benzene rings is 2. The Morgan fingerprint density at radius 3 is 2.54 bits per heavy atom. The number of hydrogen-bond acceptors (Lipinski definition) is 6. The fourth-order valence-electron chi connectivity index (χ4n) is 2.72. The number of nitro benzene ring substituents is 1. The lowest BCUT2D eigenvalue weighted by molar-refractivity contribution is -0.384. The number of carbonyl (C=O) groups is 2. The van der Waals surface area contributed by atoms with Gasteiger partial charge in [0.15, 0.2) is 11.5 Å². The van der Waals surface area contributed by atoms with Gasteiger partial charge in [-0.05, 0) is 36.8 Å². The van der Waals surface area contributed by atoms with Gasteiger partial charge in [0.2, 0.25) is 0 Å². The smallest absolute Gasteiger partial charge is 0.326 e. The zero-order valence-corrected chi connectivity index (χ0v) is 15.0. The molecular formula is C19H16N2O7. The Bertz CT molecular complexity index is 982. The highest BCUT2D eigenvalue weighted by molar-refractivity contribution is 6.12. The zero-order valence-electron chi connectivity index (χ0n) is 15.0. The largest absolute Gasteiger partial charge is 0.497 e. The summed E-state index contributed by atoms with van der Waals surface area (Å²) in [6, 6.07) is 9.25. The fraction of sp³-hybridized carbons (Fsp3) is 0.158. The SMILES string of the molecule is COc1ccc(/C=C2/Oc3ccc([N+](=O)[O-])cc3N(C(C)C(=O)O)C2=O)cc1. The maximum absolute atomic E-state index is 12.9.